The van der Waals surface area contributed by atoms with E-state index >= 15 is 0 Å². The van der Waals surface area contributed by atoms with Gasteiger partial charge in [-0.1, -0.05) is 0 Å². The van der Waals surface area contributed by atoms with E-state index < -0.39 is 0 Å². The first kappa shape index (κ1) is 13.7. The first-order valence-corrected chi connectivity index (χ1v) is 5.75. The van der Waals surface area contributed by atoms with Crippen LogP contribution in [0.5, 0.6) is 0 Å². The maximum atomic E-state index is 11.4. The van der Waals surface area contributed by atoms with E-state index in [-0.39, 0.29) is 18.1 Å². The molecule has 0 unspecified atom stereocenters. The predicted octanol–water partition coefficient (Wildman–Crippen LogP) is 0.894. The Morgan fingerprint density at radius 2 is 2.24 bits per heavy atom. The van der Waals surface area contributed by atoms with Gasteiger partial charge in [0, 0.05) is 32.4 Å². The molecule has 5 nitrogen and oxygen atoms in total. The Kier molecular flexibility index (Phi) is 4.69. The van der Waals surface area contributed by atoms with Gasteiger partial charge in [-0.2, -0.15) is 0 Å². The molecule has 0 bridgehead atoms. The van der Waals surface area contributed by atoms with Crippen molar-refractivity contribution in [2.75, 3.05) is 13.2 Å². The minimum atomic E-state index is -0.281. The number of amides is 1. The molecule has 0 radical (unpaired) electrons. The van der Waals surface area contributed by atoms with Gasteiger partial charge in [-0.25, -0.2) is 4.98 Å². The number of carbonyl (C=O) groups excluding carboxylic acids is 1. The first-order valence-electron chi connectivity index (χ1n) is 5.75. The van der Waals surface area contributed by atoms with Crippen LogP contribution in [0.1, 0.15) is 26.6 Å². The van der Waals surface area contributed by atoms with Gasteiger partial charge in [-0.15, -0.1) is 0 Å². The van der Waals surface area contributed by atoms with E-state index in [1.807, 2.05) is 38.6 Å². The summed E-state index contributed by atoms with van der Waals surface area (Å²) in [5.74, 6) is 0.871. The highest BCUT2D eigenvalue weighted by Crippen LogP contribution is 2.05. The predicted molar refractivity (Wildman–Crippen MR) is 65.6 cm³/mol. The summed E-state index contributed by atoms with van der Waals surface area (Å²) in [4.78, 5) is 15.6. The topological polar surface area (TPSA) is 56.2 Å². The minimum Gasteiger partial charge on any atom is -0.366 e. The maximum Gasteiger partial charge on any atom is 0.246 e. The van der Waals surface area contributed by atoms with Crippen LogP contribution in [0.25, 0.3) is 0 Å². The molecule has 0 spiro atoms. The van der Waals surface area contributed by atoms with E-state index in [1.165, 1.54) is 0 Å². The monoisotopic (exact) mass is 239 g/mol. The highest BCUT2D eigenvalue weighted by atomic mass is 16.5. The molecule has 0 fully saturated rings. The fourth-order valence-electron chi connectivity index (χ4n) is 1.28. The molecule has 1 heterocycles. The Bertz CT molecular complexity index is 366. The molecule has 1 amide bonds. The van der Waals surface area contributed by atoms with Crippen molar-refractivity contribution in [3.8, 4) is 0 Å². The molecule has 0 aromatic carbocycles. The number of hydrogen-bond acceptors (Lipinski definition) is 3. The van der Waals surface area contributed by atoms with Crippen LogP contribution in [0, 0.1) is 0 Å². The average molecular weight is 239 g/mol. The molecule has 0 aliphatic heterocycles. The standard InChI is InChI=1S/C12H21N3O2/c1-12(2,3)17-9-11(16)14-6-5-10-13-7-8-15(10)4/h7-8H,5-6,9H2,1-4H3,(H,14,16). The molecule has 0 aliphatic rings. The summed E-state index contributed by atoms with van der Waals surface area (Å²) in [5, 5.41) is 2.80. The van der Waals surface area contributed by atoms with Gasteiger partial charge in [0.2, 0.25) is 5.91 Å². The van der Waals surface area contributed by atoms with Crippen molar-refractivity contribution >= 4 is 5.91 Å². The zero-order chi connectivity index (χ0) is 12.9. The smallest absolute Gasteiger partial charge is 0.246 e. The van der Waals surface area contributed by atoms with E-state index in [4.69, 9.17) is 4.74 Å². The number of nitrogens with one attached hydrogen (secondary N) is 1. The lowest BCUT2D eigenvalue weighted by molar-refractivity contribution is -0.130. The van der Waals surface area contributed by atoms with Crippen LogP contribution in [0.15, 0.2) is 12.4 Å². The van der Waals surface area contributed by atoms with Gasteiger partial charge in [-0.3, -0.25) is 4.79 Å². The number of aryl methyl sites for hydroxylation is 1. The number of rotatable bonds is 5. The highest BCUT2D eigenvalue weighted by molar-refractivity contribution is 5.77. The van der Waals surface area contributed by atoms with Gasteiger partial charge >= 0.3 is 0 Å². The quantitative estimate of drug-likeness (QED) is 0.830. The van der Waals surface area contributed by atoms with Crippen LogP contribution in [0.2, 0.25) is 0 Å². The lowest BCUT2D eigenvalue weighted by Crippen LogP contribution is -2.33. The van der Waals surface area contributed by atoms with Crippen molar-refractivity contribution in [1.82, 2.24) is 14.9 Å². The Balaban J connectivity index is 2.19. The maximum absolute atomic E-state index is 11.4. The number of aromatic nitrogens is 2. The van der Waals surface area contributed by atoms with Gasteiger partial charge in [0.25, 0.3) is 0 Å². The SMILES string of the molecule is Cn1ccnc1CCNC(=O)COC(C)(C)C. The fraction of sp³-hybridized carbons (Fsp3) is 0.667. The van der Waals surface area contributed by atoms with E-state index in [2.05, 4.69) is 10.3 Å². The molecule has 0 saturated carbocycles. The second-order valence-corrected chi connectivity index (χ2v) is 4.96. The molecule has 1 aromatic rings. The average Bonchev–Trinajstić information content (AvgIpc) is 2.61. The highest BCUT2D eigenvalue weighted by Gasteiger charge is 2.12. The summed E-state index contributed by atoms with van der Waals surface area (Å²) in [6, 6.07) is 0. The number of imidazole rings is 1. The summed E-state index contributed by atoms with van der Waals surface area (Å²) in [5.41, 5.74) is -0.281. The number of hydrogen-bond donors (Lipinski definition) is 1. The first-order chi connectivity index (χ1) is 7.88. The molecule has 1 N–H and O–H groups in total. The van der Waals surface area contributed by atoms with Gasteiger partial charge in [-0.05, 0) is 20.8 Å². The summed E-state index contributed by atoms with van der Waals surface area (Å²) in [7, 11) is 1.94. The molecule has 0 saturated heterocycles. The lowest BCUT2D eigenvalue weighted by Gasteiger charge is -2.18. The van der Waals surface area contributed by atoms with E-state index in [1.54, 1.807) is 6.20 Å². The third-order valence-electron chi connectivity index (χ3n) is 2.23. The van der Waals surface area contributed by atoms with Crippen LogP contribution >= 0.6 is 0 Å². The molecule has 0 aliphatic carbocycles. The van der Waals surface area contributed by atoms with Crippen molar-refractivity contribution < 1.29 is 9.53 Å². The van der Waals surface area contributed by atoms with Crippen molar-refractivity contribution in [3.05, 3.63) is 18.2 Å². The Morgan fingerprint density at radius 1 is 1.53 bits per heavy atom. The van der Waals surface area contributed by atoms with Crippen LogP contribution in [-0.4, -0.2) is 34.2 Å². The van der Waals surface area contributed by atoms with Crippen LogP contribution < -0.4 is 5.32 Å². The third-order valence-corrected chi connectivity index (χ3v) is 2.23. The van der Waals surface area contributed by atoms with Gasteiger partial charge < -0.3 is 14.6 Å². The normalized spacial score (nSPS) is 11.5. The summed E-state index contributed by atoms with van der Waals surface area (Å²) >= 11 is 0. The van der Waals surface area contributed by atoms with Gasteiger partial charge in [0.1, 0.15) is 12.4 Å². The zero-order valence-electron chi connectivity index (χ0n) is 11.0. The Morgan fingerprint density at radius 3 is 2.76 bits per heavy atom. The van der Waals surface area contributed by atoms with Crippen LogP contribution in [0.4, 0.5) is 0 Å². The van der Waals surface area contributed by atoms with Crippen molar-refractivity contribution in [2.45, 2.75) is 32.8 Å². The summed E-state index contributed by atoms with van der Waals surface area (Å²) < 4.78 is 7.31. The molecule has 1 rings (SSSR count). The van der Waals surface area contributed by atoms with Gasteiger partial charge in [0.05, 0.1) is 5.60 Å². The van der Waals surface area contributed by atoms with Crippen molar-refractivity contribution in [2.24, 2.45) is 7.05 Å². The Labute approximate surface area is 102 Å². The van der Waals surface area contributed by atoms with E-state index in [0.717, 1.165) is 12.2 Å². The van der Waals surface area contributed by atoms with Gasteiger partial charge in [0.15, 0.2) is 0 Å². The molecule has 5 heteroatoms. The van der Waals surface area contributed by atoms with Crippen molar-refractivity contribution in [1.29, 1.82) is 0 Å². The molecule has 96 valence electrons. The Hall–Kier alpha value is -1.36. The molecule has 1 aromatic heterocycles. The lowest BCUT2D eigenvalue weighted by atomic mass is 10.2. The van der Waals surface area contributed by atoms with Crippen LogP contribution in [-0.2, 0) is 23.0 Å². The number of carbonyl (C=O) groups is 1. The largest absolute Gasteiger partial charge is 0.366 e. The summed E-state index contributed by atoms with van der Waals surface area (Å²) in [6.07, 6.45) is 4.37. The second kappa shape index (κ2) is 5.82. The van der Waals surface area contributed by atoms with E-state index in [0.29, 0.717) is 6.54 Å². The van der Waals surface area contributed by atoms with E-state index in [9.17, 15) is 4.79 Å². The fourth-order valence-corrected chi connectivity index (χ4v) is 1.28. The van der Waals surface area contributed by atoms with Crippen LogP contribution in [0.3, 0.4) is 0 Å². The zero-order valence-corrected chi connectivity index (χ0v) is 11.0. The molecule has 0 atom stereocenters. The van der Waals surface area contributed by atoms with Crippen molar-refractivity contribution in [3.63, 3.8) is 0 Å². The molecule has 17 heavy (non-hydrogen) atoms. The molecular formula is C12H21N3O2. The second-order valence-electron chi connectivity index (χ2n) is 4.96. The number of nitrogens with zero attached hydrogens (tertiary/aromatic N) is 2. The molecular weight excluding hydrogens is 218 g/mol. The summed E-state index contributed by atoms with van der Waals surface area (Å²) in [6.45, 7) is 6.46. The third kappa shape index (κ3) is 5.49. The minimum absolute atomic E-state index is 0.0888. The number of ether oxygens (including phenoxy) is 1.